The molecule has 1 rings (SSSR count). The third kappa shape index (κ3) is 2.66. The van der Waals surface area contributed by atoms with Crippen molar-refractivity contribution in [1.82, 2.24) is 9.97 Å². The van der Waals surface area contributed by atoms with Gasteiger partial charge in [-0.25, -0.2) is 14.4 Å². The quantitative estimate of drug-likeness (QED) is 0.711. The molecule has 1 aromatic rings. The molecule has 0 saturated heterocycles. The number of amides is 1. The van der Waals surface area contributed by atoms with Crippen LogP contribution in [0.3, 0.4) is 0 Å². The van der Waals surface area contributed by atoms with Crippen LogP contribution in [0, 0.1) is 0 Å². The molecular weight excluding hydrogens is 177 g/mol. The number of rotatable bonds is 4. The van der Waals surface area contributed by atoms with E-state index in [0.717, 1.165) is 6.33 Å². The van der Waals surface area contributed by atoms with Crippen molar-refractivity contribution in [2.24, 2.45) is 5.73 Å². The Bertz CT molecular complexity index is 306. The lowest BCUT2D eigenvalue weighted by Crippen LogP contribution is -2.13. The second kappa shape index (κ2) is 4.34. The fourth-order valence-corrected chi connectivity index (χ4v) is 0.696. The lowest BCUT2D eigenvalue weighted by Gasteiger charge is -2.01. The van der Waals surface area contributed by atoms with Crippen molar-refractivity contribution < 1.29 is 13.9 Å². The smallest absolute Gasteiger partial charge is 0.267 e. The van der Waals surface area contributed by atoms with Crippen molar-refractivity contribution in [2.75, 3.05) is 13.3 Å². The summed E-state index contributed by atoms with van der Waals surface area (Å²) in [6.45, 7) is -0.717. The molecule has 6 heteroatoms. The first-order valence-electron chi connectivity index (χ1n) is 3.54. The molecule has 0 aliphatic rings. The van der Waals surface area contributed by atoms with E-state index < -0.39 is 12.6 Å². The SMILES string of the molecule is NC(=O)c1cc(OCCF)ncn1. The number of ether oxygens (including phenoxy) is 1. The van der Waals surface area contributed by atoms with Gasteiger partial charge >= 0.3 is 0 Å². The molecule has 0 bridgehead atoms. The van der Waals surface area contributed by atoms with Gasteiger partial charge in [0.15, 0.2) is 0 Å². The Morgan fingerprint density at radius 3 is 3.00 bits per heavy atom. The predicted octanol–water partition coefficient (Wildman–Crippen LogP) is -0.0762. The molecule has 1 amide bonds. The summed E-state index contributed by atoms with van der Waals surface area (Å²) in [4.78, 5) is 17.9. The zero-order valence-electron chi connectivity index (χ0n) is 6.74. The number of carbonyl (C=O) groups excluding carboxylic acids is 1. The van der Waals surface area contributed by atoms with Crippen molar-refractivity contribution >= 4 is 5.91 Å². The van der Waals surface area contributed by atoms with Gasteiger partial charge < -0.3 is 10.5 Å². The van der Waals surface area contributed by atoms with Crippen LogP contribution in [0.5, 0.6) is 5.88 Å². The second-order valence-electron chi connectivity index (χ2n) is 2.14. The van der Waals surface area contributed by atoms with E-state index in [1.807, 2.05) is 0 Å². The molecule has 0 unspecified atom stereocenters. The minimum atomic E-state index is -0.674. The van der Waals surface area contributed by atoms with Crippen molar-refractivity contribution in [2.45, 2.75) is 0 Å². The Kier molecular flexibility index (Phi) is 3.13. The van der Waals surface area contributed by atoms with E-state index in [2.05, 4.69) is 9.97 Å². The van der Waals surface area contributed by atoms with Gasteiger partial charge in [0.2, 0.25) is 5.88 Å². The van der Waals surface area contributed by atoms with Crippen LogP contribution >= 0.6 is 0 Å². The maximum Gasteiger partial charge on any atom is 0.267 e. The summed E-state index contributed by atoms with van der Waals surface area (Å²) in [5.74, 6) is -0.533. The highest BCUT2D eigenvalue weighted by atomic mass is 19.1. The maximum atomic E-state index is 11.7. The van der Waals surface area contributed by atoms with Gasteiger partial charge in [-0.15, -0.1) is 0 Å². The molecule has 2 N–H and O–H groups in total. The first-order chi connectivity index (χ1) is 6.24. The predicted molar refractivity (Wildman–Crippen MR) is 42.0 cm³/mol. The molecule has 70 valence electrons. The molecule has 0 radical (unpaired) electrons. The molecule has 0 fully saturated rings. The molecule has 0 atom stereocenters. The number of nitrogens with two attached hydrogens (primary N) is 1. The van der Waals surface area contributed by atoms with Gasteiger partial charge in [0.05, 0.1) is 0 Å². The highest BCUT2D eigenvalue weighted by molar-refractivity contribution is 5.90. The van der Waals surface area contributed by atoms with Crippen molar-refractivity contribution in [3.05, 3.63) is 18.1 Å². The number of nitrogens with zero attached hydrogens (tertiary/aromatic N) is 2. The average molecular weight is 185 g/mol. The first kappa shape index (κ1) is 9.37. The lowest BCUT2D eigenvalue weighted by atomic mass is 10.4. The van der Waals surface area contributed by atoms with Crippen LogP contribution in [0.4, 0.5) is 4.39 Å². The summed E-state index contributed by atoms with van der Waals surface area (Å²) < 4.78 is 16.5. The standard InChI is InChI=1S/C7H8FN3O2/c8-1-2-13-6-3-5(7(9)12)10-4-11-6/h3-4H,1-2H2,(H2,9,12). The molecule has 0 saturated carbocycles. The van der Waals surface area contributed by atoms with Gasteiger partial charge in [-0.1, -0.05) is 0 Å². The third-order valence-corrected chi connectivity index (χ3v) is 1.22. The summed E-state index contributed by atoms with van der Waals surface area (Å²) in [7, 11) is 0. The molecule has 1 aromatic heterocycles. The van der Waals surface area contributed by atoms with Crippen LogP contribution in [0.1, 0.15) is 10.5 Å². The van der Waals surface area contributed by atoms with Crippen LogP contribution in [-0.2, 0) is 0 Å². The highest BCUT2D eigenvalue weighted by Crippen LogP contribution is 2.05. The topological polar surface area (TPSA) is 78.1 Å². The van der Waals surface area contributed by atoms with Gasteiger partial charge in [-0.2, -0.15) is 0 Å². The molecule has 1 heterocycles. The maximum absolute atomic E-state index is 11.7. The number of hydrogen-bond acceptors (Lipinski definition) is 4. The molecule has 0 aliphatic carbocycles. The van der Waals surface area contributed by atoms with Gasteiger partial charge in [-0.05, 0) is 0 Å². The fourth-order valence-electron chi connectivity index (χ4n) is 0.696. The number of carbonyl (C=O) groups is 1. The van der Waals surface area contributed by atoms with E-state index >= 15 is 0 Å². The van der Waals surface area contributed by atoms with E-state index in [4.69, 9.17) is 10.5 Å². The van der Waals surface area contributed by atoms with Crippen LogP contribution in [-0.4, -0.2) is 29.2 Å². The number of primary amides is 1. The molecule has 5 nitrogen and oxygen atoms in total. The van der Waals surface area contributed by atoms with Gasteiger partial charge in [0, 0.05) is 6.07 Å². The van der Waals surface area contributed by atoms with E-state index in [9.17, 15) is 9.18 Å². The lowest BCUT2D eigenvalue weighted by molar-refractivity contribution is 0.0994. The molecular formula is C7H8FN3O2. The number of alkyl halides is 1. The molecule has 13 heavy (non-hydrogen) atoms. The minimum Gasteiger partial charge on any atom is -0.475 e. The third-order valence-electron chi connectivity index (χ3n) is 1.22. The Morgan fingerprint density at radius 2 is 2.38 bits per heavy atom. The first-order valence-corrected chi connectivity index (χ1v) is 3.54. The van der Waals surface area contributed by atoms with Crippen LogP contribution in [0.25, 0.3) is 0 Å². The van der Waals surface area contributed by atoms with Crippen LogP contribution in [0.15, 0.2) is 12.4 Å². The van der Waals surface area contributed by atoms with Gasteiger partial charge in [0.25, 0.3) is 5.91 Å². The number of hydrogen-bond donors (Lipinski definition) is 1. The van der Waals surface area contributed by atoms with Crippen molar-refractivity contribution in [3.8, 4) is 5.88 Å². The summed E-state index contributed by atoms with van der Waals surface area (Å²) >= 11 is 0. The van der Waals surface area contributed by atoms with Gasteiger partial charge in [0.1, 0.15) is 25.3 Å². The van der Waals surface area contributed by atoms with Crippen LogP contribution in [0.2, 0.25) is 0 Å². The Balaban J connectivity index is 2.73. The molecule has 0 aliphatic heterocycles. The Labute approximate surface area is 73.7 Å². The minimum absolute atomic E-state index is 0.0452. The van der Waals surface area contributed by atoms with E-state index in [-0.39, 0.29) is 18.2 Å². The second-order valence-corrected chi connectivity index (χ2v) is 2.14. The fraction of sp³-hybridized carbons (Fsp3) is 0.286. The normalized spacial score (nSPS) is 9.62. The average Bonchev–Trinajstić information content (AvgIpc) is 2.15. The summed E-state index contributed by atoms with van der Waals surface area (Å²) in [6, 6.07) is 1.26. The highest BCUT2D eigenvalue weighted by Gasteiger charge is 2.04. The van der Waals surface area contributed by atoms with E-state index in [1.54, 1.807) is 0 Å². The zero-order chi connectivity index (χ0) is 9.68. The van der Waals surface area contributed by atoms with E-state index in [1.165, 1.54) is 6.07 Å². The number of halogens is 1. The van der Waals surface area contributed by atoms with Gasteiger partial charge in [-0.3, -0.25) is 4.79 Å². The Hall–Kier alpha value is -1.72. The largest absolute Gasteiger partial charge is 0.475 e. The summed E-state index contributed by atoms with van der Waals surface area (Å²) in [5, 5.41) is 0. The summed E-state index contributed by atoms with van der Waals surface area (Å²) in [6.07, 6.45) is 1.13. The van der Waals surface area contributed by atoms with Crippen molar-refractivity contribution in [3.63, 3.8) is 0 Å². The van der Waals surface area contributed by atoms with E-state index in [0.29, 0.717) is 0 Å². The monoisotopic (exact) mass is 185 g/mol. The molecule has 0 aromatic carbocycles. The van der Waals surface area contributed by atoms with Crippen molar-refractivity contribution in [1.29, 1.82) is 0 Å². The summed E-state index contributed by atoms with van der Waals surface area (Å²) in [5.41, 5.74) is 5.00. The van der Waals surface area contributed by atoms with Crippen LogP contribution < -0.4 is 10.5 Å². The Morgan fingerprint density at radius 1 is 1.62 bits per heavy atom. The number of aromatic nitrogens is 2. The zero-order valence-corrected chi connectivity index (χ0v) is 6.74. The molecule has 0 spiro atoms.